The molecular weight excluding hydrogens is 435 g/mol. The molecule has 1 heterocycles. The Morgan fingerprint density at radius 3 is 2.74 bits per heavy atom. The van der Waals surface area contributed by atoms with Crippen LogP contribution in [-0.2, 0) is 17.8 Å². The molecule has 4 rings (SSSR count). The Hall–Kier alpha value is -4.51. The summed E-state index contributed by atoms with van der Waals surface area (Å²) >= 11 is 0. The number of aromatic nitrogens is 2. The third kappa shape index (κ3) is 6.26. The number of amides is 1. The van der Waals surface area contributed by atoms with Crippen molar-refractivity contribution in [1.29, 1.82) is 5.26 Å². The first-order chi connectivity index (χ1) is 16.6. The lowest BCUT2D eigenvalue weighted by Crippen LogP contribution is -2.11. The first-order valence-corrected chi connectivity index (χ1v) is 10.7. The summed E-state index contributed by atoms with van der Waals surface area (Å²) in [7, 11) is 0. The van der Waals surface area contributed by atoms with E-state index >= 15 is 0 Å². The Balaban J connectivity index is 1.24. The van der Waals surface area contributed by atoms with Crippen LogP contribution in [0.25, 0.3) is 11.4 Å². The Morgan fingerprint density at radius 1 is 1.09 bits per heavy atom. The largest absolute Gasteiger partial charge is 0.489 e. The summed E-state index contributed by atoms with van der Waals surface area (Å²) in [5.41, 5.74) is 2.75. The minimum Gasteiger partial charge on any atom is -0.489 e. The predicted octanol–water partition coefficient (Wildman–Crippen LogP) is 5.29. The molecule has 0 unspecified atom stereocenters. The maximum Gasteiger partial charge on any atom is 0.226 e. The van der Waals surface area contributed by atoms with E-state index < -0.39 is 0 Å². The molecule has 0 aliphatic carbocycles. The van der Waals surface area contributed by atoms with Crippen LogP contribution in [0, 0.1) is 17.1 Å². The third-order valence-electron chi connectivity index (χ3n) is 4.94. The highest BCUT2D eigenvalue weighted by molar-refractivity contribution is 5.90. The van der Waals surface area contributed by atoms with Gasteiger partial charge in [0.1, 0.15) is 18.2 Å². The zero-order valence-corrected chi connectivity index (χ0v) is 18.2. The van der Waals surface area contributed by atoms with Crippen molar-refractivity contribution >= 4 is 11.6 Å². The standard InChI is InChI=1S/C26H21FN4O3/c27-21-12-10-20(11-13-21)26-30-25(34-31-26)9-3-8-24(32)29-22-6-2-7-23(15-22)33-17-19-5-1-4-18(14-19)16-28/h1-2,4-7,10-15H,3,8-9,17H2,(H,29,32). The van der Waals surface area contributed by atoms with Crippen LogP contribution < -0.4 is 10.1 Å². The number of nitrogens with zero attached hydrogens (tertiary/aromatic N) is 3. The van der Waals surface area contributed by atoms with Crippen molar-refractivity contribution in [2.24, 2.45) is 0 Å². The van der Waals surface area contributed by atoms with Crippen molar-refractivity contribution in [3.63, 3.8) is 0 Å². The summed E-state index contributed by atoms with van der Waals surface area (Å²) in [5, 5.41) is 15.8. The van der Waals surface area contributed by atoms with E-state index in [9.17, 15) is 9.18 Å². The summed E-state index contributed by atoms with van der Waals surface area (Å²) in [6.45, 7) is 0.316. The highest BCUT2D eigenvalue weighted by Gasteiger charge is 2.10. The molecule has 1 N–H and O–H groups in total. The second-order valence-corrected chi connectivity index (χ2v) is 7.55. The van der Waals surface area contributed by atoms with Crippen LogP contribution in [0.1, 0.15) is 29.9 Å². The second kappa shape index (κ2) is 10.9. The van der Waals surface area contributed by atoms with Crippen molar-refractivity contribution in [1.82, 2.24) is 10.1 Å². The van der Waals surface area contributed by atoms with Gasteiger partial charge in [-0.3, -0.25) is 4.79 Å². The Morgan fingerprint density at radius 2 is 1.91 bits per heavy atom. The normalized spacial score (nSPS) is 10.5. The fraction of sp³-hybridized carbons (Fsp3) is 0.154. The first-order valence-electron chi connectivity index (χ1n) is 10.7. The number of rotatable bonds is 9. The molecule has 0 aliphatic heterocycles. The Labute approximate surface area is 195 Å². The zero-order chi connectivity index (χ0) is 23.8. The number of carbonyl (C=O) groups excluding carboxylic acids is 1. The van der Waals surface area contributed by atoms with E-state index in [0.717, 1.165) is 5.56 Å². The smallest absolute Gasteiger partial charge is 0.226 e. The first kappa shape index (κ1) is 22.7. The van der Waals surface area contributed by atoms with Gasteiger partial charge in [-0.05, 0) is 60.5 Å². The number of nitrogens with one attached hydrogen (secondary N) is 1. The van der Waals surface area contributed by atoms with E-state index in [1.54, 1.807) is 48.5 Å². The van der Waals surface area contributed by atoms with Gasteiger partial charge in [0.15, 0.2) is 0 Å². The topological polar surface area (TPSA) is 101 Å². The predicted molar refractivity (Wildman–Crippen MR) is 123 cm³/mol. The van der Waals surface area contributed by atoms with Gasteiger partial charge in [-0.1, -0.05) is 23.4 Å². The lowest BCUT2D eigenvalue weighted by Gasteiger charge is -2.09. The van der Waals surface area contributed by atoms with E-state index in [2.05, 4.69) is 21.5 Å². The third-order valence-corrected chi connectivity index (χ3v) is 4.94. The molecule has 0 saturated heterocycles. The van der Waals surface area contributed by atoms with Crippen molar-refractivity contribution in [2.45, 2.75) is 25.9 Å². The summed E-state index contributed by atoms with van der Waals surface area (Å²) in [6, 6.07) is 22.3. The van der Waals surface area contributed by atoms with Crippen LogP contribution in [-0.4, -0.2) is 16.0 Å². The number of ether oxygens (including phenoxy) is 1. The molecule has 1 amide bonds. The number of nitriles is 1. The highest BCUT2D eigenvalue weighted by Crippen LogP contribution is 2.20. The summed E-state index contributed by atoms with van der Waals surface area (Å²) in [4.78, 5) is 16.6. The van der Waals surface area contributed by atoms with Crippen LogP contribution >= 0.6 is 0 Å². The molecule has 0 aliphatic rings. The van der Waals surface area contributed by atoms with Crippen LogP contribution in [0.15, 0.2) is 77.3 Å². The average Bonchev–Trinajstić information content (AvgIpc) is 3.32. The second-order valence-electron chi connectivity index (χ2n) is 7.55. The molecule has 170 valence electrons. The monoisotopic (exact) mass is 456 g/mol. The fourth-order valence-corrected chi connectivity index (χ4v) is 3.26. The van der Waals surface area contributed by atoms with Crippen LogP contribution in [0.3, 0.4) is 0 Å². The summed E-state index contributed by atoms with van der Waals surface area (Å²) in [5.74, 6) is 0.941. The lowest BCUT2D eigenvalue weighted by atomic mass is 10.1. The minimum atomic E-state index is -0.332. The van der Waals surface area contributed by atoms with E-state index in [0.29, 0.717) is 53.7 Å². The highest BCUT2D eigenvalue weighted by atomic mass is 19.1. The van der Waals surface area contributed by atoms with E-state index in [-0.39, 0.29) is 18.1 Å². The maximum atomic E-state index is 13.0. The number of benzene rings is 3. The molecule has 0 atom stereocenters. The zero-order valence-electron chi connectivity index (χ0n) is 18.2. The number of halogens is 1. The SMILES string of the molecule is N#Cc1cccc(COc2cccc(NC(=O)CCCc3nc(-c4ccc(F)cc4)no3)c2)c1. The van der Waals surface area contributed by atoms with Gasteiger partial charge in [0.05, 0.1) is 11.6 Å². The van der Waals surface area contributed by atoms with Gasteiger partial charge in [-0.25, -0.2) is 4.39 Å². The number of hydrogen-bond acceptors (Lipinski definition) is 6. The van der Waals surface area contributed by atoms with Gasteiger partial charge in [0.25, 0.3) is 0 Å². The number of hydrogen-bond donors (Lipinski definition) is 1. The van der Waals surface area contributed by atoms with Crippen LogP contribution in [0.5, 0.6) is 5.75 Å². The van der Waals surface area contributed by atoms with Gasteiger partial charge >= 0.3 is 0 Å². The number of carbonyl (C=O) groups is 1. The molecule has 0 fully saturated rings. The molecular formula is C26H21FN4O3. The lowest BCUT2D eigenvalue weighted by molar-refractivity contribution is -0.116. The Bertz CT molecular complexity index is 1310. The molecule has 0 spiro atoms. The van der Waals surface area contributed by atoms with Crippen molar-refractivity contribution in [3.05, 3.63) is 95.6 Å². The molecule has 8 heteroatoms. The Kier molecular flexibility index (Phi) is 7.25. The van der Waals surface area contributed by atoms with Gasteiger partial charge in [0.2, 0.25) is 17.6 Å². The van der Waals surface area contributed by atoms with Gasteiger partial charge in [-0.2, -0.15) is 10.2 Å². The van der Waals surface area contributed by atoms with Crippen molar-refractivity contribution in [3.8, 4) is 23.2 Å². The maximum absolute atomic E-state index is 13.0. The number of anilines is 1. The molecule has 0 saturated carbocycles. The summed E-state index contributed by atoms with van der Waals surface area (Å²) < 4.78 is 24.1. The quantitative estimate of drug-likeness (QED) is 0.367. The minimum absolute atomic E-state index is 0.142. The van der Waals surface area contributed by atoms with E-state index in [1.807, 2.05) is 12.1 Å². The van der Waals surface area contributed by atoms with Gasteiger partial charge < -0.3 is 14.6 Å². The summed E-state index contributed by atoms with van der Waals surface area (Å²) in [6.07, 6.45) is 1.26. The number of aryl methyl sites for hydroxylation is 1. The van der Waals surface area contributed by atoms with Crippen LogP contribution in [0.2, 0.25) is 0 Å². The molecule has 3 aromatic carbocycles. The van der Waals surface area contributed by atoms with Gasteiger partial charge in [-0.15, -0.1) is 0 Å². The molecule has 0 radical (unpaired) electrons. The fourth-order valence-electron chi connectivity index (χ4n) is 3.26. The van der Waals surface area contributed by atoms with Crippen molar-refractivity contribution < 1.29 is 18.4 Å². The molecule has 4 aromatic rings. The average molecular weight is 456 g/mol. The van der Waals surface area contributed by atoms with Gasteiger partial charge in [0, 0.05) is 30.2 Å². The van der Waals surface area contributed by atoms with Crippen LogP contribution in [0.4, 0.5) is 10.1 Å². The van der Waals surface area contributed by atoms with E-state index in [1.165, 1.54) is 12.1 Å². The van der Waals surface area contributed by atoms with E-state index in [4.69, 9.17) is 14.5 Å². The molecule has 0 bridgehead atoms. The molecule has 34 heavy (non-hydrogen) atoms. The molecule has 7 nitrogen and oxygen atoms in total. The van der Waals surface area contributed by atoms with Crippen molar-refractivity contribution in [2.75, 3.05) is 5.32 Å². The molecule has 1 aromatic heterocycles.